The molecule has 0 saturated carbocycles. The molecule has 0 aliphatic carbocycles. The summed E-state index contributed by atoms with van der Waals surface area (Å²) in [6.45, 7) is 2.08. The molecule has 0 fully saturated rings. The van der Waals surface area contributed by atoms with Crippen molar-refractivity contribution in [2.75, 3.05) is 5.32 Å². The van der Waals surface area contributed by atoms with Gasteiger partial charge in [0.05, 0.1) is 29.7 Å². The van der Waals surface area contributed by atoms with Gasteiger partial charge < -0.3 is 5.32 Å². The highest BCUT2D eigenvalue weighted by molar-refractivity contribution is 5.51. The molecule has 1 aromatic heterocycles. The van der Waals surface area contributed by atoms with Crippen LogP contribution in [0.4, 0.5) is 5.69 Å². The maximum Gasteiger partial charge on any atom is 0.0992 e. The lowest BCUT2D eigenvalue weighted by molar-refractivity contribution is 0.797. The zero-order valence-electron chi connectivity index (χ0n) is 12.1. The number of nitriles is 1. The fourth-order valence-electron chi connectivity index (χ4n) is 2.29. The van der Waals surface area contributed by atoms with Crippen molar-refractivity contribution >= 4 is 5.69 Å². The Morgan fingerprint density at radius 3 is 2.82 bits per heavy atom. The van der Waals surface area contributed by atoms with Crippen LogP contribution in [0.25, 0.3) is 5.69 Å². The van der Waals surface area contributed by atoms with Crippen molar-refractivity contribution in [1.29, 1.82) is 5.26 Å². The molecule has 1 unspecified atom stereocenters. The third-order valence-electron chi connectivity index (χ3n) is 3.43. The summed E-state index contributed by atoms with van der Waals surface area (Å²) in [7, 11) is 0. The highest BCUT2D eigenvalue weighted by Gasteiger charge is 2.07. The Kier molecular flexibility index (Phi) is 3.84. The molecule has 22 heavy (non-hydrogen) atoms. The second-order valence-corrected chi connectivity index (χ2v) is 5.00. The number of nitrogens with zero attached hydrogens (tertiary/aromatic N) is 4. The summed E-state index contributed by atoms with van der Waals surface area (Å²) in [6, 6.07) is 17.8. The van der Waals surface area contributed by atoms with Crippen LogP contribution in [0, 0.1) is 11.3 Å². The summed E-state index contributed by atoms with van der Waals surface area (Å²) in [5.74, 6) is 0. The molecule has 2 aromatic carbocycles. The first-order valence-electron chi connectivity index (χ1n) is 6.99. The first kappa shape index (κ1) is 13.8. The molecule has 3 rings (SSSR count). The molecule has 0 aliphatic heterocycles. The Hall–Kier alpha value is -3.13. The van der Waals surface area contributed by atoms with Crippen molar-refractivity contribution in [3.8, 4) is 11.8 Å². The first-order chi connectivity index (χ1) is 10.8. The van der Waals surface area contributed by atoms with Crippen LogP contribution in [0.1, 0.15) is 24.1 Å². The van der Waals surface area contributed by atoms with E-state index in [4.69, 9.17) is 5.26 Å². The van der Waals surface area contributed by atoms with Crippen LogP contribution in [0.2, 0.25) is 0 Å². The minimum atomic E-state index is 0.109. The SMILES string of the molecule is CC(Nc1cccc(C#N)c1)c1cccc(-n2ccnn2)c1. The van der Waals surface area contributed by atoms with E-state index in [1.807, 2.05) is 36.5 Å². The van der Waals surface area contributed by atoms with Crippen molar-refractivity contribution in [3.63, 3.8) is 0 Å². The van der Waals surface area contributed by atoms with Crippen LogP contribution in [0.15, 0.2) is 60.9 Å². The molecule has 3 aromatic rings. The highest BCUT2D eigenvalue weighted by atomic mass is 15.4. The summed E-state index contributed by atoms with van der Waals surface area (Å²) in [6.07, 6.45) is 3.47. The molecular formula is C17H15N5. The number of nitrogens with one attached hydrogen (secondary N) is 1. The Bertz CT molecular complexity index is 802. The maximum atomic E-state index is 8.96. The molecule has 1 atom stereocenters. The van der Waals surface area contributed by atoms with E-state index >= 15 is 0 Å². The van der Waals surface area contributed by atoms with Gasteiger partial charge in [0.1, 0.15) is 0 Å². The third kappa shape index (κ3) is 2.96. The summed E-state index contributed by atoms with van der Waals surface area (Å²) < 4.78 is 1.73. The molecular weight excluding hydrogens is 274 g/mol. The Morgan fingerprint density at radius 2 is 2.05 bits per heavy atom. The monoisotopic (exact) mass is 289 g/mol. The molecule has 1 N–H and O–H groups in total. The Balaban J connectivity index is 1.82. The van der Waals surface area contributed by atoms with Gasteiger partial charge >= 0.3 is 0 Å². The van der Waals surface area contributed by atoms with Crippen LogP contribution in [0.5, 0.6) is 0 Å². The van der Waals surface area contributed by atoms with E-state index in [2.05, 4.69) is 40.8 Å². The Morgan fingerprint density at radius 1 is 1.18 bits per heavy atom. The lowest BCUT2D eigenvalue weighted by Gasteiger charge is -2.16. The van der Waals surface area contributed by atoms with Crippen LogP contribution in [-0.4, -0.2) is 15.0 Å². The number of rotatable bonds is 4. The molecule has 0 saturated heterocycles. The predicted octanol–water partition coefficient (Wildman–Crippen LogP) is 3.31. The maximum absolute atomic E-state index is 8.96. The minimum Gasteiger partial charge on any atom is -0.378 e. The standard InChI is InChI=1S/C17H15N5/c1-13(20-16-6-2-4-14(10-16)12-18)15-5-3-7-17(11-15)22-9-8-19-21-22/h2-11,13,20H,1H3. The number of hydrogen-bond donors (Lipinski definition) is 1. The average Bonchev–Trinajstić information content (AvgIpc) is 3.09. The normalized spacial score (nSPS) is 11.6. The lowest BCUT2D eigenvalue weighted by atomic mass is 10.1. The van der Waals surface area contributed by atoms with Crippen molar-refractivity contribution in [2.24, 2.45) is 0 Å². The van der Waals surface area contributed by atoms with Gasteiger partial charge in [0.25, 0.3) is 0 Å². The molecule has 0 spiro atoms. The molecule has 5 nitrogen and oxygen atoms in total. The third-order valence-corrected chi connectivity index (χ3v) is 3.43. The van der Waals surface area contributed by atoms with Gasteiger partial charge in [-0.2, -0.15) is 5.26 Å². The fourth-order valence-corrected chi connectivity index (χ4v) is 2.29. The van der Waals surface area contributed by atoms with E-state index < -0.39 is 0 Å². The van der Waals surface area contributed by atoms with E-state index in [-0.39, 0.29) is 6.04 Å². The van der Waals surface area contributed by atoms with Gasteiger partial charge in [0, 0.05) is 11.7 Å². The summed E-state index contributed by atoms with van der Waals surface area (Å²) in [5.41, 5.74) is 3.68. The fraction of sp³-hybridized carbons (Fsp3) is 0.118. The van der Waals surface area contributed by atoms with E-state index in [1.54, 1.807) is 16.9 Å². The quantitative estimate of drug-likeness (QED) is 0.800. The molecule has 0 bridgehead atoms. The molecule has 0 amide bonds. The summed E-state index contributed by atoms with van der Waals surface area (Å²) in [5, 5.41) is 20.2. The Labute approximate surface area is 128 Å². The van der Waals surface area contributed by atoms with Crippen molar-refractivity contribution < 1.29 is 0 Å². The largest absolute Gasteiger partial charge is 0.378 e. The average molecular weight is 289 g/mol. The topological polar surface area (TPSA) is 66.5 Å². The van der Waals surface area contributed by atoms with Gasteiger partial charge in [0.15, 0.2) is 0 Å². The van der Waals surface area contributed by atoms with Gasteiger partial charge in [-0.3, -0.25) is 0 Å². The van der Waals surface area contributed by atoms with Crippen molar-refractivity contribution in [3.05, 3.63) is 72.1 Å². The highest BCUT2D eigenvalue weighted by Crippen LogP contribution is 2.21. The molecule has 0 aliphatic rings. The molecule has 5 heteroatoms. The van der Waals surface area contributed by atoms with Crippen molar-refractivity contribution in [1.82, 2.24) is 15.0 Å². The summed E-state index contributed by atoms with van der Waals surface area (Å²) >= 11 is 0. The van der Waals surface area contributed by atoms with E-state index in [9.17, 15) is 0 Å². The molecule has 0 radical (unpaired) electrons. The number of aromatic nitrogens is 3. The second-order valence-electron chi connectivity index (χ2n) is 5.00. The van der Waals surface area contributed by atoms with E-state index in [0.717, 1.165) is 16.9 Å². The van der Waals surface area contributed by atoms with Gasteiger partial charge in [0.2, 0.25) is 0 Å². The first-order valence-corrected chi connectivity index (χ1v) is 6.99. The number of anilines is 1. The second kappa shape index (κ2) is 6.10. The zero-order valence-corrected chi connectivity index (χ0v) is 12.1. The van der Waals surface area contributed by atoms with Crippen molar-refractivity contribution in [2.45, 2.75) is 13.0 Å². The number of benzene rings is 2. The van der Waals surface area contributed by atoms with Crippen LogP contribution in [-0.2, 0) is 0 Å². The van der Waals surface area contributed by atoms with Gasteiger partial charge in [-0.05, 0) is 42.8 Å². The van der Waals surface area contributed by atoms with Crippen LogP contribution < -0.4 is 5.32 Å². The molecule has 108 valence electrons. The van der Waals surface area contributed by atoms with Gasteiger partial charge in [-0.15, -0.1) is 5.10 Å². The zero-order chi connectivity index (χ0) is 15.4. The lowest BCUT2D eigenvalue weighted by Crippen LogP contribution is -2.07. The van der Waals surface area contributed by atoms with Crippen LogP contribution in [0.3, 0.4) is 0 Å². The van der Waals surface area contributed by atoms with E-state index in [0.29, 0.717) is 5.56 Å². The minimum absolute atomic E-state index is 0.109. The summed E-state index contributed by atoms with van der Waals surface area (Å²) in [4.78, 5) is 0. The predicted molar refractivity (Wildman–Crippen MR) is 84.6 cm³/mol. The smallest absolute Gasteiger partial charge is 0.0992 e. The van der Waals surface area contributed by atoms with Gasteiger partial charge in [-0.25, -0.2) is 4.68 Å². The molecule has 1 heterocycles. The van der Waals surface area contributed by atoms with E-state index in [1.165, 1.54) is 0 Å². The number of hydrogen-bond acceptors (Lipinski definition) is 4. The van der Waals surface area contributed by atoms with Gasteiger partial charge in [-0.1, -0.05) is 23.4 Å². The van der Waals surface area contributed by atoms with Crippen LogP contribution >= 0.6 is 0 Å².